The van der Waals surface area contributed by atoms with Gasteiger partial charge in [0.25, 0.3) is 0 Å². The van der Waals surface area contributed by atoms with Crippen LogP contribution in [0.15, 0.2) is 66.7 Å². The molecule has 0 amide bonds. The number of rotatable bonds is 4. The Kier molecular flexibility index (Phi) is 8.17. The van der Waals surface area contributed by atoms with E-state index in [-0.39, 0.29) is 16.7 Å². The molecule has 4 aromatic carbocycles. The Hall–Kier alpha value is -3.81. The van der Waals surface area contributed by atoms with Crippen LogP contribution in [-0.4, -0.2) is 0 Å². The molecule has 1 nitrogen and oxygen atoms in total. The van der Waals surface area contributed by atoms with Gasteiger partial charge in [0.1, 0.15) is 35.8 Å². The number of hydrogen-bond donors (Lipinski definition) is 0. The molecule has 0 fully saturated rings. The molecular weight excluding hydrogens is 473 g/mol. The fourth-order valence-corrected chi connectivity index (χ4v) is 3.23. The molecule has 8 heteroatoms. The molecule has 4 rings (SSSR count). The Bertz CT molecular complexity index is 1290. The standard InChI is InChI=1S/C20H14F4.C7H5F3O/c1-12-2-4-13(5-3-12)14-6-7-16(18(22)8-14)15-9-19(23)17(11-21)20(24)10-15;1-4-6(8)2-5(11-10)3-7(4)9/h2-10H,11H2,1H3;2-3H,1H3. The monoisotopic (exact) mass is 492 g/mol. The quantitative estimate of drug-likeness (QED) is 0.259. The highest BCUT2D eigenvalue weighted by Gasteiger charge is 2.15. The van der Waals surface area contributed by atoms with Crippen LogP contribution < -0.4 is 4.94 Å². The molecule has 0 aliphatic rings. The molecule has 182 valence electrons. The van der Waals surface area contributed by atoms with E-state index in [1.165, 1.54) is 19.1 Å². The summed E-state index contributed by atoms with van der Waals surface area (Å²) < 4.78 is 90.9. The highest BCUT2D eigenvalue weighted by Crippen LogP contribution is 2.30. The SMILES string of the molecule is Cc1c(F)cc(OF)cc1F.Cc1ccc(-c2ccc(-c3cc(F)c(CF)c(F)c3)c(F)c2)cc1. The van der Waals surface area contributed by atoms with Crippen LogP contribution in [0.5, 0.6) is 5.75 Å². The van der Waals surface area contributed by atoms with Crippen molar-refractivity contribution in [2.75, 3.05) is 0 Å². The van der Waals surface area contributed by atoms with E-state index in [0.717, 1.165) is 35.4 Å². The maximum absolute atomic E-state index is 14.4. The second-order valence-corrected chi connectivity index (χ2v) is 7.70. The first-order valence-corrected chi connectivity index (χ1v) is 10.3. The van der Waals surface area contributed by atoms with Crippen LogP contribution in [-0.2, 0) is 6.67 Å². The Labute approximate surface area is 197 Å². The van der Waals surface area contributed by atoms with Crippen molar-refractivity contribution < 1.29 is 35.8 Å². The Morgan fingerprint density at radius 3 is 1.60 bits per heavy atom. The normalized spacial score (nSPS) is 10.5. The highest BCUT2D eigenvalue weighted by molar-refractivity contribution is 5.71. The summed E-state index contributed by atoms with van der Waals surface area (Å²) in [5, 5.41) is 0. The molecule has 0 saturated carbocycles. The molecule has 0 aromatic heterocycles. The summed E-state index contributed by atoms with van der Waals surface area (Å²) in [6.07, 6.45) is 0. The summed E-state index contributed by atoms with van der Waals surface area (Å²) in [6, 6.07) is 15.5. The smallest absolute Gasteiger partial charge is 0.177 e. The summed E-state index contributed by atoms with van der Waals surface area (Å²) in [7, 11) is 0. The number of hydrogen-bond acceptors (Lipinski definition) is 1. The van der Waals surface area contributed by atoms with E-state index in [9.17, 15) is 30.9 Å². The van der Waals surface area contributed by atoms with Gasteiger partial charge in [-0.1, -0.05) is 42.0 Å². The average Bonchev–Trinajstić information content (AvgIpc) is 2.82. The second kappa shape index (κ2) is 11.1. The molecule has 35 heavy (non-hydrogen) atoms. The summed E-state index contributed by atoms with van der Waals surface area (Å²) in [5.41, 5.74) is 1.91. The Balaban J connectivity index is 0.000000261. The van der Waals surface area contributed by atoms with Crippen LogP contribution in [0.4, 0.5) is 30.9 Å². The minimum absolute atomic E-state index is 0.0372. The van der Waals surface area contributed by atoms with E-state index in [0.29, 0.717) is 5.56 Å². The molecule has 0 saturated heterocycles. The minimum atomic E-state index is -1.24. The van der Waals surface area contributed by atoms with Gasteiger partial charge in [-0.15, -0.1) is 0 Å². The van der Waals surface area contributed by atoms with Gasteiger partial charge in [0.15, 0.2) is 5.75 Å². The number of halogens is 7. The maximum Gasteiger partial charge on any atom is 0.177 e. The van der Waals surface area contributed by atoms with E-state index in [4.69, 9.17) is 0 Å². The lowest BCUT2D eigenvalue weighted by Gasteiger charge is -2.09. The molecule has 4 aromatic rings. The molecule has 0 atom stereocenters. The minimum Gasteiger partial charge on any atom is -0.294 e. The number of aryl methyl sites for hydroxylation is 1. The summed E-state index contributed by atoms with van der Waals surface area (Å²) in [4.78, 5) is 3.15. The summed E-state index contributed by atoms with van der Waals surface area (Å²) >= 11 is 0. The highest BCUT2D eigenvalue weighted by atomic mass is 19.3. The molecule has 0 bridgehead atoms. The van der Waals surface area contributed by atoms with Gasteiger partial charge < -0.3 is 0 Å². The third-order valence-corrected chi connectivity index (χ3v) is 5.28. The fraction of sp³-hybridized carbons (Fsp3) is 0.111. The lowest BCUT2D eigenvalue weighted by atomic mass is 9.98. The van der Waals surface area contributed by atoms with E-state index >= 15 is 0 Å². The molecule has 0 N–H and O–H groups in total. The van der Waals surface area contributed by atoms with Gasteiger partial charge in [0.2, 0.25) is 0 Å². The van der Waals surface area contributed by atoms with Crippen molar-refractivity contribution in [3.63, 3.8) is 0 Å². The first-order valence-electron chi connectivity index (χ1n) is 10.3. The van der Waals surface area contributed by atoms with Crippen molar-refractivity contribution in [1.82, 2.24) is 0 Å². The molecular formula is C27H19F7O. The largest absolute Gasteiger partial charge is 0.294 e. The van der Waals surface area contributed by atoms with Crippen LogP contribution in [0, 0.1) is 42.9 Å². The van der Waals surface area contributed by atoms with Crippen LogP contribution in [0.3, 0.4) is 0 Å². The van der Waals surface area contributed by atoms with Crippen molar-refractivity contribution in [1.29, 1.82) is 0 Å². The molecule has 0 aliphatic carbocycles. The van der Waals surface area contributed by atoms with Crippen molar-refractivity contribution in [2.45, 2.75) is 20.5 Å². The van der Waals surface area contributed by atoms with Crippen molar-refractivity contribution >= 4 is 0 Å². The molecule has 0 spiro atoms. The molecule has 0 radical (unpaired) electrons. The molecule has 0 heterocycles. The van der Waals surface area contributed by atoms with Crippen LogP contribution in [0.1, 0.15) is 16.7 Å². The van der Waals surface area contributed by atoms with Crippen molar-refractivity contribution in [3.8, 4) is 28.0 Å². The first kappa shape index (κ1) is 25.8. The number of benzene rings is 4. The second-order valence-electron chi connectivity index (χ2n) is 7.70. The zero-order chi connectivity index (χ0) is 25.7. The van der Waals surface area contributed by atoms with Gasteiger partial charge in [-0.2, -0.15) is 0 Å². The third kappa shape index (κ3) is 6.01. The van der Waals surface area contributed by atoms with Gasteiger partial charge in [0.05, 0.1) is 5.56 Å². The van der Waals surface area contributed by atoms with Crippen molar-refractivity contribution in [2.24, 2.45) is 0 Å². The van der Waals surface area contributed by atoms with E-state index < -0.39 is 47.1 Å². The summed E-state index contributed by atoms with van der Waals surface area (Å²) in [5.74, 6) is -4.75. The summed E-state index contributed by atoms with van der Waals surface area (Å²) in [6.45, 7) is 1.97. The Morgan fingerprint density at radius 1 is 0.600 bits per heavy atom. The van der Waals surface area contributed by atoms with Crippen LogP contribution in [0.25, 0.3) is 22.3 Å². The molecule has 0 aliphatic heterocycles. The lowest BCUT2D eigenvalue weighted by molar-refractivity contribution is -0.00694. The van der Waals surface area contributed by atoms with Gasteiger partial charge in [-0.25, -0.2) is 26.3 Å². The van der Waals surface area contributed by atoms with Crippen molar-refractivity contribution in [3.05, 3.63) is 113 Å². The maximum atomic E-state index is 14.4. The predicted molar refractivity (Wildman–Crippen MR) is 120 cm³/mol. The van der Waals surface area contributed by atoms with E-state index in [1.807, 2.05) is 31.2 Å². The van der Waals surface area contributed by atoms with Gasteiger partial charge in [-0.05, 0) is 48.7 Å². The Morgan fingerprint density at radius 2 is 1.11 bits per heavy atom. The topological polar surface area (TPSA) is 9.23 Å². The van der Waals surface area contributed by atoms with Gasteiger partial charge >= 0.3 is 0 Å². The zero-order valence-electron chi connectivity index (χ0n) is 18.6. The molecule has 0 unspecified atom stereocenters. The van der Waals surface area contributed by atoms with Gasteiger partial charge in [0, 0.05) is 27.8 Å². The van der Waals surface area contributed by atoms with E-state index in [1.54, 1.807) is 6.07 Å². The fourth-order valence-electron chi connectivity index (χ4n) is 3.23. The lowest BCUT2D eigenvalue weighted by Crippen LogP contribution is -1.95. The predicted octanol–water partition coefficient (Wildman–Crippen LogP) is 8.75. The zero-order valence-corrected chi connectivity index (χ0v) is 18.6. The number of alkyl halides is 1. The van der Waals surface area contributed by atoms with Crippen LogP contribution in [0.2, 0.25) is 0 Å². The van der Waals surface area contributed by atoms with E-state index in [2.05, 4.69) is 4.94 Å². The average molecular weight is 492 g/mol. The van der Waals surface area contributed by atoms with Gasteiger partial charge in [-0.3, -0.25) is 4.94 Å². The third-order valence-electron chi connectivity index (χ3n) is 5.28. The van der Waals surface area contributed by atoms with Crippen LogP contribution >= 0.6 is 0 Å². The first-order chi connectivity index (χ1) is 16.6.